The Balaban J connectivity index is 0. The van der Waals surface area contributed by atoms with E-state index in [2.05, 4.69) is 27.0 Å². The zero-order chi connectivity index (χ0) is 9.11. The third-order valence-corrected chi connectivity index (χ3v) is 1.97. The Bertz CT molecular complexity index is 53.5. The van der Waals surface area contributed by atoms with Gasteiger partial charge in [0.2, 0.25) is 0 Å². The molecule has 0 aromatic heterocycles. The second kappa shape index (κ2) is 12.9. The molecule has 0 spiro atoms. The molecule has 0 aliphatic carbocycles. The number of thioether (sulfide) groups is 1. The topological polar surface area (TPSA) is 26.0 Å². The Hall–Kier alpha value is 0.310. The van der Waals surface area contributed by atoms with Gasteiger partial charge in [-0.3, -0.25) is 0 Å². The lowest BCUT2D eigenvalue weighted by molar-refractivity contribution is 0.596. The first kappa shape index (κ1) is 13.9. The summed E-state index contributed by atoms with van der Waals surface area (Å²) in [6.07, 6.45) is 4.59. The van der Waals surface area contributed by atoms with E-state index in [-0.39, 0.29) is 0 Å². The van der Waals surface area contributed by atoms with Gasteiger partial charge >= 0.3 is 0 Å². The van der Waals surface area contributed by atoms with Crippen molar-refractivity contribution in [1.82, 2.24) is 0 Å². The predicted octanol–water partition coefficient (Wildman–Crippen LogP) is 2.75. The van der Waals surface area contributed by atoms with Gasteiger partial charge in [0.25, 0.3) is 0 Å². The highest BCUT2D eigenvalue weighted by Gasteiger charge is 1.85. The van der Waals surface area contributed by atoms with Gasteiger partial charge in [-0.25, -0.2) is 0 Å². The molecule has 0 bridgehead atoms. The van der Waals surface area contributed by atoms with E-state index >= 15 is 0 Å². The Labute approximate surface area is 76.1 Å². The van der Waals surface area contributed by atoms with Crippen LogP contribution in [0.3, 0.4) is 0 Å². The highest BCUT2D eigenvalue weighted by atomic mass is 32.2. The molecule has 0 saturated heterocycles. The summed E-state index contributed by atoms with van der Waals surface area (Å²) in [7, 11) is 0. The molecule has 0 atom stereocenters. The van der Waals surface area contributed by atoms with Crippen molar-refractivity contribution in [2.45, 2.75) is 33.6 Å². The summed E-state index contributed by atoms with van der Waals surface area (Å²) in [6, 6.07) is 0. The average molecular weight is 177 g/mol. The third kappa shape index (κ3) is 25.3. The first-order chi connectivity index (χ1) is 5.18. The molecule has 0 unspecified atom stereocenters. The quantitative estimate of drug-likeness (QED) is 0.714. The fourth-order valence-corrected chi connectivity index (χ4v) is 0.946. The summed E-state index contributed by atoms with van der Waals surface area (Å²) in [5.41, 5.74) is 5.23. The third-order valence-electron chi connectivity index (χ3n) is 1.15. The zero-order valence-corrected chi connectivity index (χ0v) is 9.21. The molecule has 0 saturated carbocycles. The van der Waals surface area contributed by atoms with E-state index in [1.807, 2.05) is 11.8 Å². The average Bonchev–Trinajstić information content (AvgIpc) is 1.90. The molecule has 70 valence electrons. The van der Waals surface area contributed by atoms with Crippen molar-refractivity contribution >= 4 is 11.8 Å². The van der Waals surface area contributed by atoms with Crippen molar-refractivity contribution in [1.29, 1.82) is 0 Å². The van der Waals surface area contributed by atoms with Gasteiger partial charge < -0.3 is 5.73 Å². The van der Waals surface area contributed by atoms with E-state index in [4.69, 9.17) is 5.73 Å². The minimum absolute atomic E-state index is 0.773. The largest absolute Gasteiger partial charge is 0.330 e. The van der Waals surface area contributed by atoms with Crippen molar-refractivity contribution in [2.75, 3.05) is 18.6 Å². The molecule has 0 fully saturated rings. The van der Waals surface area contributed by atoms with Crippen LogP contribution in [0.15, 0.2) is 0 Å². The maximum Gasteiger partial charge on any atom is -0.00729 e. The van der Waals surface area contributed by atoms with Gasteiger partial charge in [0.1, 0.15) is 0 Å². The summed E-state index contributed by atoms with van der Waals surface area (Å²) in [6.45, 7) is 7.37. The van der Waals surface area contributed by atoms with Crippen molar-refractivity contribution in [3.05, 3.63) is 0 Å². The van der Waals surface area contributed by atoms with Crippen LogP contribution >= 0.6 is 11.8 Å². The van der Waals surface area contributed by atoms with Crippen LogP contribution in [0.1, 0.15) is 33.6 Å². The van der Waals surface area contributed by atoms with Crippen LogP contribution in [0.4, 0.5) is 0 Å². The SMILES string of the molecule is CC(C)CCN.CCCSC. The fraction of sp³-hybridized carbons (Fsp3) is 1.00. The first-order valence-corrected chi connectivity index (χ1v) is 5.77. The molecule has 0 heterocycles. The fourth-order valence-electron chi connectivity index (χ4n) is 0.537. The van der Waals surface area contributed by atoms with Crippen LogP contribution < -0.4 is 5.73 Å². The molecular weight excluding hydrogens is 154 g/mol. The number of rotatable bonds is 4. The zero-order valence-electron chi connectivity index (χ0n) is 8.39. The summed E-state index contributed by atoms with van der Waals surface area (Å²) in [4.78, 5) is 0. The molecule has 0 aromatic rings. The molecule has 0 amide bonds. The van der Waals surface area contributed by atoms with E-state index < -0.39 is 0 Å². The lowest BCUT2D eigenvalue weighted by Crippen LogP contribution is -2.01. The van der Waals surface area contributed by atoms with Gasteiger partial charge in [-0.2, -0.15) is 11.8 Å². The Morgan fingerprint density at radius 2 is 1.91 bits per heavy atom. The molecule has 0 radical (unpaired) electrons. The van der Waals surface area contributed by atoms with Crippen molar-refractivity contribution < 1.29 is 0 Å². The van der Waals surface area contributed by atoms with Crippen LogP contribution in [0.25, 0.3) is 0 Å². The highest BCUT2D eigenvalue weighted by molar-refractivity contribution is 7.98. The minimum atomic E-state index is 0.773. The number of nitrogens with two attached hydrogens (primary N) is 1. The number of hydrogen-bond donors (Lipinski definition) is 1. The lowest BCUT2D eigenvalue weighted by Gasteiger charge is -1.96. The standard InChI is InChI=1S/C5H13N.C4H10S/c1-5(2)3-4-6;1-3-4-5-2/h5H,3-4,6H2,1-2H3;3-4H2,1-2H3. The van der Waals surface area contributed by atoms with Crippen molar-refractivity contribution in [2.24, 2.45) is 11.7 Å². The minimum Gasteiger partial charge on any atom is -0.330 e. The molecular formula is C9H23NS. The summed E-state index contributed by atoms with van der Waals surface area (Å²) >= 11 is 1.90. The maximum atomic E-state index is 5.23. The molecule has 0 rings (SSSR count). The van der Waals surface area contributed by atoms with E-state index in [9.17, 15) is 0 Å². The van der Waals surface area contributed by atoms with Gasteiger partial charge in [0.05, 0.1) is 0 Å². The predicted molar refractivity (Wildman–Crippen MR) is 57.2 cm³/mol. The normalized spacial score (nSPS) is 9.27. The molecule has 0 aromatic carbocycles. The maximum absolute atomic E-state index is 5.23. The molecule has 2 N–H and O–H groups in total. The van der Waals surface area contributed by atoms with Gasteiger partial charge in [0, 0.05) is 0 Å². The van der Waals surface area contributed by atoms with E-state index in [0.29, 0.717) is 0 Å². The van der Waals surface area contributed by atoms with Crippen LogP contribution in [0.5, 0.6) is 0 Å². The summed E-state index contributed by atoms with van der Waals surface area (Å²) in [5.74, 6) is 2.08. The summed E-state index contributed by atoms with van der Waals surface area (Å²) in [5, 5.41) is 0. The lowest BCUT2D eigenvalue weighted by atomic mass is 10.1. The second-order valence-corrected chi connectivity index (χ2v) is 3.95. The van der Waals surface area contributed by atoms with Crippen LogP contribution in [0.2, 0.25) is 0 Å². The van der Waals surface area contributed by atoms with Crippen molar-refractivity contribution in [3.63, 3.8) is 0 Å². The van der Waals surface area contributed by atoms with Gasteiger partial charge in [-0.1, -0.05) is 20.8 Å². The Morgan fingerprint density at radius 3 is 1.91 bits per heavy atom. The molecule has 1 nitrogen and oxygen atoms in total. The van der Waals surface area contributed by atoms with Gasteiger partial charge in [-0.05, 0) is 37.3 Å². The second-order valence-electron chi connectivity index (χ2n) is 2.96. The monoisotopic (exact) mass is 177 g/mol. The van der Waals surface area contributed by atoms with Crippen LogP contribution in [0, 0.1) is 5.92 Å². The van der Waals surface area contributed by atoms with Crippen LogP contribution in [-0.2, 0) is 0 Å². The van der Waals surface area contributed by atoms with Crippen molar-refractivity contribution in [3.8, 4) is 0 Å². The van der Waals surface area contributed by atoms with E-state index in [1.165, 1.54) is 12.2 Å². The smallest absolute Gasteiger partial charge is 0.00729 e. The molecule has 2 heteroatoms. The molecule has 0 aliphatic rings. The van der Waals surface area contributed by atoms with Gasteiger partial charge in [-0.15, -0.1) is 0 Å². The first-order valence-electron chi connectivity index (χ1n) is 4.38. The Morgan fingerprint density at radius 1 is 1.36 bits per heavy atom. The molecule has 11 heavy (non-hydrogen) atoms. The summed E-state index contributed by atoms with van der Waals surface area (Å²) < 4.78 is 0. The van der Waals surface area contributed by atoms with Crippen LogP contribution in [-0.4, -0.2) is 18.6 Å². The Kier molecular flexibility index (Phi) is 16.3. The van der Waals surface area contributed by atoms with E-state index in [0.717, 1.165) is 18.9 Å². The van der Waals surface area contributed by atoms with E-state index in [1.54, 1.807) is 0 Å². The van der Waals surface area contributed by atoms with Gasteiger partial charge in [0.15, 0.2) is 0 Å². The molecule has 0 aliphatic heterocycles. The highest BCUT2D eigenvalue weighted by Crippen LogP contribution is 1.93. The number of hydrogen-bond acceptors (Lipinski definition) is 2.